The molecule has 0 aliphatic carbocycles. The van der Waals surface area contributed by atoms with Crippen LogP contribution >= 0.6 is 0 Å². The maximum atomic E-state index is 11.2. The normalized spacial score (nSPS) is 14.4. The molecule has 2 heterocycles. The second-order valence-electron chi connectivity index (χ2n) is 2.84. The summed E-state index contributed by atoms with van der Waals surface area (Å²) in [6, 6.07) is 0. The number of aliphatic hydroxyl groups excluding tert-OH is 1. The number of nitrogens with two attached hydrogens (primary N) is 1. The molecule has 7 heteroatoms. The monoisotopic (exact) mass is 196 g/mol. The lowest BCUT2D eigenvalue weighted by Crippen LogP contribution is -2.23. The van der Waals surface area contributed by atoms with Gasteiger partial charge >= 0.3 is 0 Å². The Morgan fingerprint density at radius 1 is 1.43 bits per heavy atom. The molecule has 7 nitrogen and oxygen atoms in total. The van der Waals surface area contributed by atoms with Crippen molar-refractivity contribution in [1.29, 1.82) is 0 Å². The van der Waals surface area contributed by atoms with Crippen LogP contribution in [0.15, 0.2) is 0 Å². The maximum Gasteiger partial charge on any atom is 0.279 e. The molecule has 0 aromatic carbocycles. The molecule has 0 bridgehead atoms. The zero-order chi connectivity index (χ0) is 10.3. The lowest BCUT2D eigenvalue weighted by atomic mass is 10.2. The highest BCUT2D eigenvalue weighted by molar-refractivity contribution is 6.22. The molecule has 1 aliphatic heterocycles. The summed E-state index contributed by atoms with van der Waals surface area (Å²) in [5.41, 5.74) is 5.70. The summed E-state index contributed by atoms with van der Waals surface area (Å²) in [5, 5.41) is 14.6. The van der Waals surface area contributed by atoms with Crippen molar-refractivity contribution in [3.8, 4) is 0 Å². The Bertz CT molecular complexity index is 423. The maximum absolute atomic E-state index is 11.2. The first kappa shape index (κ1) is 8.70. The summed E-state index contributed by atoms with van der Waals surface area (Å²) in [4.78, 5) is 22.3. The minimum atomic E-state index is -0.548. The summed E-state index contributed by atoms with van der Waals surface area (Å²) in [6.45, 7) is 0.0139. The van der Waals surface area contributed by atoms with Crippen molar-refractivity contribution < 1.29 is 14.7 Å². The quantitative estimate of drug-likeness (QED) is 0.490. The van der Waals surface area contributed by atoms with E-state index in [-0.39, 0.29) is 30.2 Å². The number of aliphatic hydroxyl groups is 1. The number of nitrogen functional groups attached to an aromatic ring is 1. The van der Waals surface area contributed by atoms with E-state index in [0.29, 0.717) is 0 Å². The number of imide groups is 1. The number of aromatic nitrogens is 2. The van der Waals surface area contributed by atoms with Gasteiger partial charge in [-0.3, -0.25) is 14.9 Å². The number of rotatable bonds is 2. The number of nitrogens with one attached hydrogen (secondary N) is 1. The summed E-state index contributed by atoms with van der Waals surface area (Å²) < 4.78 is 1.24. The highest BCUT2D eigenvalue weighted by Gasteiger charge is 2.34. The molecular formula is C7H8N4O3. The largest absolute Gasteiger partial charge is 0.394 e. The van der Waals surface area contributed by atoms with Gasteiger partial charge in [0.05, 0.1) is 13.2 Å². The van der Waals surface area contributed by atoms with E-state index in [2.05, 4.69) is 10.4 Å². The van der Waals surface area contributed by atoms with E-state index in [9.17, 15) is 9.59 Å². The SMILES string of the molecule is Nc1c2c(nn1CCO)C(=O)NC2=O. The summed E-state index contributed by atoms with van der Waals surface area (Å²) >= 11 is 0. The van der Waals surface area contributed by atoms with Crippen molar-refractivity contribution >= 4 is 17.6 Å². The first-order valence-electron chi connectivity index (χ1n) is 3.98. The van der Waals surface area contributed by atoms with Crippen molar-refractivity contribution in [3.05, 3.63) is 11.3 Å². The van der Waals surface area contributed by atoms with Crippen LogP contribution in [0.25, 0.3) is 0 Å². The molecule has 0 spiro atoms. The van der Waals surface area contributed by atoms with Crippen molar-refractivity contribution in [1.82, 2.24) is 15.1 Å². The van der Waals surface area contributed by atoms with E-state index >= 15 is 0 Å². The van der Waals surface area contributed by atoms with Crippen molar-refractivity contribution in [2.45, 2.75) is 6.54 Å². The van der Waals surface area contributed by atoms with E-state index in [1.54, 1.807) is 0 Å². The molecule has 0 radical (unpaired) electrons. The summed E-state index contributed by atoms with van der Waals surface area (Å²) in [7, 11) is 0. The third kappa shape index (κ3) is 0.990. The number of fused-ring (bicyclic) bond motifs is 1. The van der Waals surface area contributed by atoms with Crippen molar-refractivity contribution in [3.63, 3.8) is 0 Å². The van der Waals surface area contributed by atoms with Crippen LogP contribution in [0.2, 0.25) is 0 Å². The van der Waals surface area contributed by atoms with Gasteiger partial charge in [0, 0.05) is 0 Å². The third-order valence-corrected chi connectivity index (χ3v) is 1.97. The number of hydrogen-bond donors (Lipinski definition) is 3. The summed E-state index contributed by atoms with van der Waals surface area (Å²) in [5.74, 6) is -0.975. The number of carbonyl (C=O) groups excluding carboxylic acids is 2. The van der Waals surface area contributed by atoms with Crippen LogP contribution < -0.4 is 11.1 Å². The molecule has 1 aromatic heterocycles. The molecule has 74 valence electrons. The highest BCUT2D eigenvalue weighted by atomic mass is 16.3. The van der Waals surface area contributed by atoms with Gasteiger partial charge in [-0.2, -0.15) is 5.10 Å². The van der Waals surface area contributed by atoms with Crippen LogP contribution in [0, 0.1) is 0 Å². The van der Waals surface area contributed by atoms with Crippen LogP contribution in [0.4, 0.5) is 5.82 Å². The second kappa shape index (κ2) is 2.81. The Hall–Kier alpha value is -1.89. The Labute approximate surface area is 78.5 Å². The van der Waals surface area contributed by atoms with Gasteiger partial charge in [-0.05, 0) is 0 Å². The molecule has 0 saturated carbocycles. The standard InChI is InChI=1S/C7H8N4O3/c8-5-3-4(7(14)9-6(3)13)10-11(5)1-2-12/h12H,1-2,8H2,(H,9,13,14). The molecule has 1 aliphatic rings. The molecule has 0 unspecified atom stereocenters. The van der Waals surface area contributed by atoms with Crippen LogP contribution in [-0.2, 0) is 6.54 Å². The molecule has 1 aromatic rings. The first-order chi connectivity index (χ1) is 6.65. The van der Waals surface area contributed by atoms with E-state index < -0.39 is 11.8 Å². The fourth-order valence-electron chi connectivity index (χ4n) is 1.35. The van der Waals surface area contributed by atoms with Crippen LogP contribution in [0.1, 0.15) is 20.8 Å². The fourth-order valence-corrected chi connectivity index (χ4v) is 1.35. The molecule has 2 amide bonds. The Morgan fingerprint density at radius 2 is 2.14 bits per heavy atom. The first-order valence-corrected chi connectivity index (χ1v) is 3.98. The predicted octanol–water partition coefficient (Wildman–Crippen LogP) is -1.66. The zero-order valence-electron chi connectivity index (χ0n) is 7.15. The number of nitrogens with zero attached hydrogens (tertiary/aromatic N) is 2. The molecule has 4 N–H and O–H groups in total. The molecular weight excluding hydrogens is 188 g/mol. The van der Waals surface area contributed by atoms with Gasteiger partial charge in [-0.15, -0.1) is 0 Å². The van der Waals surface area contributed by atoms with E-state index in [1.165, 1.54) is 4.68 Å². The predicted molar refractivity (Wildman–Crippen MR) is 45.5 cm³/mol. The molecule has 14 heavy (non-hydrogen) atoms. The lowest BCUT2D eigenvalue weighted by Gasteiger charge is -2.01. The van der Waals surface area contributed by atoms with E-state index in [4.69, 9.17) is 10.8 Å². The van der Waals surface area contributed by atoms with Crippen LogP contribution in [0.5, 0.6) is 0 Å². The smallest absolute Gasteiger partial charge is 0.279 e. The Morgan fingerprint density at radius 3 is 2.71 bits per heavy atom. The van der Waals surface area contributed by atoms with Gasteiger partial charge < -0.3 is 10.8 Å². The second-order valence-corrected chi connectivity index (χ2v) is 2.84. The zero-order valence-corrected chi connectivity index (χ0v) is 7.15. The number of anilines is 1. The van der Waals surface area contributed by atoms with Gasteiger partial charge in [0.1, 0.15) is 11.4 Å². The minimum absolute atomic E-state index is 0.0287. The van der Waals surface area contributed by atoms with Gasteiger partial charge in [0.15, 0.2) is 5.69 Å². The average Bonchev–Trinajstić information content (AvgIpc) is 2.57. The summed E-state index contributed by atoms with van der Waals surface area (Å²) in [6.07, 6.45) is 0. The van der Waals surface area contributed by atoms with Gasteiger partial charge in [-0.25, -0.2) is 4.68 Å². The highest BCUT2D eigenvalue weighted by Crippen LogP contribution is 2.20. The number of amides is 2. The molecule has 0 atom stereocenters. The number of carbonyl (C=O) groups is 2. The molecule has 0 saturated heterocycles. The molecule has 2 rings (SSSR count). The van der Waals surface area contributed by atoms with Gasteiger partial charge in [0.25, 0.3) is 11.8 Å². The topological polar surface area (TPSA) is 110 Å². The van der Waals surface area contributed by atoms with Crippen LogP contribution in [0.3, 0.4) is 0 Å². The Kier molecular flexibility index (Phi) is 1.74. The van der Waals surface area contributed by atoms with Crippen molar-refractivity contribution in [2.75, 3.05) is 12.3 Å². The van der Waals surface area contributed by atoms with Gasteiger partial charge in [0.2, 0.25) is 0 Å². The van der Waals surface area contributed by atoms with Gasteiger partial charge in [-0.1, -0.05) is 0 Å². The number of hydrogen-bond acceptors (Lipinski definition) is 5. The average molecular weight is 196 g/mol. The Balaban J connectivity index is 2.53. The van der Waals surface area contributed by atoms with E-state index in [1.807, 2.05) is 0 Å². The van der Waals surface area contributed by atoms with Crippen LogP contribution in [-0.4, -0.2) is 33.3 Å². The molecule has 0 fully saturated rings. The minimum Gasteiger partial charge on any atom is -0.394 e. The third-order valence-electron chi connectivity index (χ3n) is 1.97. The van der Waals surface area contributed by atoms with E-state index in [0.717, 1.165) is 0 Å². The van der Waals surface area contributed by atoms with Crippen molar-refractivity contribution in [2.24, 2.45) is 0 Å². The fraction of sp³-hybridized carbons (Fsp3) is 0.286. The lowest BCUT2D eigenvalue weighted by molar-refractivity contribution is 0.0876.